The molecule has 0 saturated carbocycles. The summed E-state index contributed by atoms with van der Waals surface area (Å²) in [6.07, 6.45) is 1.63. The Labute approximate surface area is 124 Å². The number of hydrazone groups is 1. The summed E-state index contributed by atoms with van der Waals surface area (Å²) in [5.41, 5.74) is 7.02. The Bertz CT molecular complexity index is 683. The number of hydrogen-bond acceptors (Lipinski definition) is 3. The summed E-state index contributed by atoms with van der Waals surface area (Å²) in [6.45, 7) is 6.05. The van der Waals surface area contributed by atoms with Crippen LogP contribution in [-0.4, -0.2) is 17.2 Å². The number of nitrogens with zero attached hydrogens (tertiary/aromatic N) is 1. The van der Waals surface area contributed by atoms with Crippen molar-refractivity contribution in [2.75, 3.05) is 0 Å². The van der Waals surface area contributed by atoms with Crippen LogP contribution in [0.5, 0.6) is 5.75 Å². The van der Waals surface area contributed by atoms with Gasteiger partial charge in [-0.25, -0.2) is 5.43 Å². The lowest BCUT2D eigenvalue weighted by molar-refractivity contribution is 0.0952. The molecule has 0 bridgehead atoms. The molecule has 0 aliphatic rings. The maximum absolute atomic E-state index is 11.9. The molecule has 4 heteroatoms. The minimum atomic E-state index is -0.438. The van der Waals surface area contributed by atoms with E-state index in [1.54, 1.807) is 24.4 Å². The van der Waals surface area contributed by atoms with Crippen molar-refractivity contribution in [2.24, 2.45) is 5.10 Å². The van der Waals surface area contributed by atoms with E-state index in [-0.39, 0.29) is 11.3 Å². The molecule has 0 fully saturated rings. The molecule has 4 nitrogen and oxygen atoms in total. The van der Waals surface area contributed by atoms with Crippen molar-refractivity contribution in [2.45, 2.75) is 20.8 Å². The third-order valence-corrected chi connectivity index (χ3v) is 3.25. The number of carbonyl (C=O) groups is 1. The zero-order valence-electron chi connectivity index (χ0n) is 12.3. The Morgan fingerprint density at radius 1 is 1.14 bits per heavy atom. The maximum Gasteiger partial charge on any atom is 0.275 e. The fraction of sp³-hybridized carbons (Fsp3) is 0.176. The number of benzene rings is 2. The fourth-order valence-electron chi connectivity index (χ4n) is 2.28. The Morgan fingerprint density at radius 3 is 2.38 bits per heavy atom. The summed E-state index contributed by atoms with van der Waals surface area (Å²) in [5, 5.41) is 13.6. The highest BCUT2D eigenvalue weighted by Gasteiger charge is 2.08. The first kappa shape index (κ1) is 14.8. The molecular formula is C17H18N2O2. The van der Waals surface area contributed by atoms with E-state index < -0.39 is 5.91 Å². The van der Waals surface area contributed by atoms with Crippen LogP contribution in [0.2, 0.25) is 0 Å². The normalized spacial score (nSPS) is 10.8. The van der Waals surface area contributed by atoms with Crippen LogP contribution in [0.25, 0.3) is 0 Å². The molecule has 108 valence electrons. The number of carbonyl (C=O) groups excluding carboxylic acids is 1. The van der Waals surface area contributed by atoms with E-state index in [0.717, 1.165) is 16.7 Å². The number of phenolic OH excluding ortho intramolecular Hbond substituents is 1. The molecule has 1 amide bonds. The van der Waals surface area contributed by atoms with Crippen LogP contribution in [0.15, 0.2) is 41.5 Å². The number of rotatable bonds is 3. The third-order valence-electron chi connectivity index (χ3n) is 3.25. The Balaban J connectivity index is 2.13. The monoisotopic (exact) mass is 282 g/mol. The van der Waals surface area contributed by atoms with Crippen LogP contribution < -0.4 is 5.43 Å². The van der Waals surface area contributed by atoms with Crippen LogP contribution in [0, 0.1) is 20.8 Å². The zero-order chi connectivity index (χ0) is 15.4. The van der Waals surface area contributed by atoms with Crippen molar-refractivity contribution in [1.29, 1.82) is 0 Å². The van der Waals surface area contributed by atoms with Crippen LogP contribution in [0.3, 0.4) is 0 Å². The van der Waals surface area contributed by atoms with Crippen LogP contribution >= 0.6 is 0 Å². The molecule has 21 heavy (non-hydrogen) atoms. The predicted molar refractivity (Wildman–Crippen MR) is 83.8 cm³/mol. The van der Waals surface area contributed by atoms with Crippen LogP contribution in [-0.2, 0) is 0 Å². The number of para-hydroxylation sites is 1. The van der Waals surface area contributed by atoms with Crippen LogP contribution in [0.4, 0.5) is 0 Å². The van der Waals surface area contributed by atoms with Gasteiger partial charge in [-0.2, -0.15) is 5.10 Å². The minimum absolute atomic E-state index is 0.0621. The average Bonchev–Trinajstić information content (AvgIpc) is 2.42. The lowest BCUT2D eigenvalue weighted by Gasteiger charge is -2.07. The molecule has 0 aliphatic heterocycles. The molecule has 0 radical (unpaired) electrons. The molecule has 0 saturated heterocycles. The van der Waals surface area contributed by atoms with Crippen molar-refractivity contribution in [1.82, 2.24) is 5.43 Å². The molecule has 0 atom stereocenters. The Hall–Kier alpha value is -2.62. The molecule has 0 aliphatic carbocycles. The highest BCUT2D eigenvalue weighted by molar-refractivity contribution is 5.97. The van der Waals surface area contributed by atoms with E-state index >= 15 is 0 Å². The Kier molecular flexibility index (Phi) is 4.38. The molecule has 2 aromatic rings. The fourth-order valence-corrected chi connectivity index (χ4v) is 2.28. The largest absolute Gasteiger partial charge is 0.507 e. The number of amides is 1. The van der Waals surface area contributed by atoms with Gasteiger partial charge in [-0.05, 0) is 44.0 Å². The molecule has 2 aromatic carbocycles. The second-order valence-electron chi connectivity index (χ2n) is 5.03. The maximum atomic E-state index is 11.9. The number of hydrogen-bond donors (Lipinski definition) is 2. The van der Waals surface area contributed by atoms with Gasteiger partial charge in [0.2, 0.25) is 0 Å². The topological polar surface area (TPSA) is 61.7 Å². The summed E-state index contributed by atoms with van der Waals surface area (Å²) in [6, 6.07) is 10.5. The molecule has 0 aromatic heterocycles. The van der Waals surface area contributed by atoms with Gasteiger partial charge < -0.3 is 5.11 Å². The highest BCUT2D eigenvalue weighted by Crippen LogP contribution is 2.16. The first-order chi connectivity index (χ1) is 9.99. The number of phenols is 1. The molecule has 0 unspecified atom stereocenters. The second-order valence-corrected chi connectivity index (χ2v) is 5.03. The summed E-state index contributed by atoms with van der Waals surface area (Å²) in [4.78, 5) is 11.9. The van der Waals surface area contributed by atoms with E-state index in [9.17, 15) is 9.90 Å². The van der Waals surface area contributed by atoms with Gasteiger partial charge in [0.25, 0.3) is 5.91 Å². The van der Waals surface area contributed by atoms with Gasteiger partial charge in [0.15, 0.2) is 0 Å². The van der Waals surface area contributed by atoms with Gasteiger partial charge in [-0.3, -0.25) is 4.79 Å². The molecule has 0 spiro atoms. The first-order valence-electron chi connectivity index (χ1n) is 6.68. The average molecular weight is 282 g/mol. The molecule has 2 N–H and O–H groups in total. The van der Waals surface area contributed by atoms with E-state index in [0.29, 0.717) is 0 Å². The molecular weight excluding hydrogens is 264 g/mol. The van der Waals surface area contributed by atoms with Crippen molar-refractivity contribution in [3.8, 4) is 5.75 Å². The predicted octanol–water partition coefficient (Wildman–Crippen LogP) is 3.08. The van der Waals surface area contributed by atoms with E-state index in [2.05, 4.69) is 22.7 Å². The molecule has 0 heterocycles. The van der Waals surface area contributed by atoms with Crippen molar-refractivity contribution >= 4 is 12.1 Å². The standard InChI is InChI=1S/C17H18N2O2/c1-11-8-12(2)15(13(3)9-11)10-18-19-17(21)14-6-4-5-7-16(14)20/h4-10,20H,1-3H3,(H,19,21)/b18-10+. The summed E-state index contributed by atoms with van der Waals surface area (Å²) < 4.78 is 0. The van der Waals surface area contributed by atoms with Crippen molar-refractivity contribution in [3.63, 3.8) is 0 Å². The summed E-state index contributed by atoms with van der Waals surface area (Å²) >= 11 is 0. The van der Waals surface area contributed by atoms with Crippen molar-refractivity contribution in [3.05, 3.63) is 64.2 Å². The number of nitrogens with one attached hydrogen (secondary N) is 1. The summed E-state index contributed by atoms with van der Waals surface area (Å²) in [5.74, 6) is -0.500. The quantitative estimate of drug-likeness (QED) is 0.671. The van der Waals surface area contributed by atoms with E-state index in [1.165, 1.54) is 11.6 Å². The smallest absolute Gasteiger partial charge is 0.275 e. The zero-order valence-corrected chi connectivity index (χ0v) is 12.3. The van der Waals surface area contributed by atoms with Crippen LogP contribution in [0.1, 0.15) is 32.6 Å². The Morgan fingerprint density at radius 2 is 1.76 bits per heavy atom. The number of aromatic hydroxyl groups is 1. The second kappa shape index (κ2) is 6.22. The molecule has 2 rings (SSSR count). The van der Waals surface area contributed by atoms with Gasteiger partial charge in [-0.15, -0.1) is 0 Å². The highest BCUT2D eigenvalue weighted by atomic mass is 16.3. The lowest BCUT2D eigenvalue weighted by atomic mass is 10.0. The van der Waals surface area contributed by atoms with Gasteiger partial charge in [0, 0.05) is 5.56 Å². The van der Waals surface area contributed by atoms with Crippen molar-refractivity contribution < 1.29 is 9.90 Å². The van der Waals surface area contributed by atoms with E-state index in [1.807, 2.05) is 20.8 Å². The number of aryl methyl sites for hydroxylation is 3. The SMILES string of the molecule is Cc1cc(C)c(/C=N/NC(=O)c2ccccc2O)c(C)c1. The van der Waals surface area contributed by atoms with Gasteiger partial charge >= 0.3 is 0 Å². The summed E-state index contributed by atoms with van der Waals surface area (Å²) in [7, 11) is 0. The minimum Gasteiger partial charge on any atom is -0.507 e. The first-order valence-corrected chi connectivity index (χ1v) is 6.68. The third kappa shape index (κ3) is 3.48. The van der Waals surface area contributed by atoms with E-state index in [4.69, 9.17) is 0 Å². The van der Waals surface area contributed by atoms with Gasteiger partial charge in [-0.1, -0.05) is 29.8 Å². The van der Waals surface area contributed by atoms with Gasteiger partial charge in [0.1, 0.15) is 5.75 Å². The van der Waals surface area contributed by atoms with Gasteiger partial charge in [0.05, 0.1) is 11.8 Å². The lowest BCUT2D eigenvalue weighted by Crippen LogP contribution is -2.17.